The molecule has 2 nitrogen and oxygen atoms in total. The molecular weight excluding hydrogens is 265 g/mol. The largest absolute Gasteiger partial charge is 0.416 e. The minimum absolute atomic E-state index is 0.236. The number of rotatable bonds is 1. The molecule has 100 valence electrons. The Labute approximate surface area is 112 Å². The second-order valence-corrected chi connectivity index (χ2v) is 4.32. The zero-order valence-electron chi connectivity index (χ0n) is 10.2. The molecule has 0 saturated heterocycles. The summed E-state index contributed by atoms with van der Waals surface area (Å²) in [6.45, 7) is 0. The standard InChI is InChI=1S/C15H9F3N2/c16-15(17,18)11-6-7-12-13(8-11)19-9-14(20-12)10-4-2-1-3-5-10/h1-9H. The predicted molar refractivity (Wildman–Crippen MR) is 70.0 cm³/mol. The summed E-state index contributed by atoms with van der Waals surface area (Å²) in [5.74, 6) is 0. The van der Waals surface area contributed by atoms with E-state index < -0.39 is 11.7 Å². The summed E-state index contributed by atoms with van der Waals surface area (Å²) in [7, 11) is 0. The molecule has 0 aliphatic rings. The zero-order valence-corrected chi connectivity index (χ0v) is 10.2. The van der Waals surface area contributed by atoms with Crippen LogP contribution in [-0.2, 0) is 6.18 Å². The Bertz CT molecular complexity index is 752. The van der Waals surface area contributed by atoms with Crippen molar-refractivity contribution in [2.75, 3.05) is 0 Å². The summed E-state index contributed by atoms with van der Waals surface area (Å²) in [5, 5.41) is 0. The van der Waals surface area contributed by atoms with E-state index in [1.807, 2.05) is 30.3 Å². The van der Waals surface area contributed by atoms with Gasteiger partial charge in [0.1, 0.15) is 0 Å². The summed E-state index contributed by atoms with van der Waals surface area (Å²) < 4.78 is 37.8. The maximum absolute atomic E-state index is 12.6. The van der Waals surface area contributed by atoms with Crippen molar-refractivity contribution in [1.82, 2.24) is 9.97 Å². The van der Waals surface area contributed by atoms with Gasteiger partial charge in [0.15, 0.2) is 0 Å². The summed E-state index contributed by atoms with van der Waals surface area (Å²) in [6, 6.07) is 12.7. The van der Waals surface area contributed by atoms with Crippen molar-refractivity contribution in [3.8, 4) is 11.3 Å². The first-order chi connectivity index (χ1) is 9.54. The van der Waals surface area contributed by atoms with Crippen molar-refractivity contribution < 1.29 is 13.2 Å². The third-order valence-electron chi connectivity index (χ3n) is 2.94. The van der Waals surface area contributed by atoms with Crippen molar-refractivity contribution in [1.29, 1.82) is 0 Å². The van der Waals surface area contributed by atoms with E-state index in [1.54, 1.807) is 0 Å². The third kappa shape index (κ3) is 2.34. The number of halogens is 3. The molecule has 0 bridgehead atoms. The lowest BCUT2D eigenvalue weighted by Crippen LogP contribution is -2.04. The summed E-state index contributed by atoms with van der Waals surface area (Å²) >= 11 is 0. The third-order valence-corrected chi connectivity index (χ3v) is 2.94. The normalized spacial score (nSPS) is 11.8. The Morgan fingerprint density at radius 3 is 2.30 bits per heavy atom. The van der Waals surface area contributed by atoms with Crippen molar-refractivity contribution in [2.24, 2.45) is 0 Å². The molecule has 0 N–H and O–H groups in total. The van der Waals surface area contributed by atoms with Gasteiger partial charge in [-0.1, -0.05) is 30.3 Å². The molecule has 3 aromatic rings. The molecule has 0 fully saturated rings. The van der Waals surface area contributed by atoms with Gasteiger partial charge in [0.05, 0.1) is 28.5 Å². The lowest BCUT2D eigenvalue weighted by Gasteiger charge is -2.07. The van der Waals surface area contributed by atoms with Crippen LogP contribution in [-0.4, -0.2) is 9.97 Å². The summed E-state index contributed by atoms with van der Waals surface area (Å²) in [4.78, 5) is 8.41. The van der Waals surface area contributed by atoms with Gasteiger partial charge >= 0.3 is 6.18 Å². The first kappa shape index (κ1) is 12.6. The molecule has 1 heterocycles. The highest BCUT2D eigenvalue weighted by molar-refractivity contribution is 5.77. The molecule has 0 aliphatic carbocycles. The molecule has 0 spiro atoms. The number of hydrogen-bond donors (Lipinski definition) is 0. The quantitative estimate of drug-likeness (QED) is 0.660. The van der Waals surface area contributed by atoms with Crippen molar-refractivity contribution in [3.05, 3.63) is 60.3 Å². The van der Waals surface area contributed by atoms with E-state index in [2.05, 4.69) is 9.97 Å². The van der Waals surface area contributed by atoms with Crippen molar-refractivity contribution >= 4 is 11.0 Å². The van der Waals surface area contributed by atoms with Crippen LogP contribution in [0.5, 0.6) is 0 Å². The number of aromatic nitrogens is 2. The molecule has 3 rings (SSSR count). The number of fused-ring (bicyclic) bond motifs is 1. The van der Waals surface area contributed by atoms with Crippen LogP contribution in [0.15, 0.2) is 54.7 Å². The van der Waals surface area contributed by atoms with E-state index in [1.165, 1.54) is 12.3 Å². The van der Waals surface area contributed by atoms with E-state index >= 15 is 0 Å². The lowest BCUT2D eigenvalue weighted by molar-refractivity contribution is -0.137. The van der Waals surface area contributed by atoms with Crippen LogP contribution in [0.4, 0.5) is 13.2 Å². The van der Waals surface area contributed by atoms with E-state index in [4.69, 9.17) is 0 Å². The molecule has 0 amide bonds. The van der Waals surface area contributed by atoms with Crippen molar-refractivity contribution in [2.45, 2.75) is 6.18 Å². The average molecular weight is 274 g/mol. The maximum Gasteiger partial charge on any atom is 0.416 e. The van der Waals surface area contributed by atoms with Crippen LogP contribution < -0.4 is 0 Å². The summed E-state index contributed by atoms with van der Waals surface area (Å²) in [5.41, 5.74) is 1.48. The fourth-order valence-electron chi connectivity index (χ4n) is 1.94. The second kappa shape index (κ2) is 4.59. The molecule has 0 atom stereocenters. The van der Waals surface area contributed by atoms with E-state index in [-0.39, 0.29) is 5.52 Å². The van der Waals surface area contributed by atoms with Crippen LogP contribution in [0.1, 0.15) is 5.56 Å². The topological polar surface area (TPSA) is 25.8 Å². The SMILES string of the molecule is FC(F)(F)c1ccc2nc(-c3ccccc3)cnc2c1. The Balaban J connectivity index is 2.10. The highest BCUT2D eigenvalue weighted by atomic mass is 19.4. The molecule has 5 heteroatoms. The van der Waals surface area contributed by atoms with Gasteiger partial charge in [0.2, 0.25) is 0 Å². The van der Waals surface area contributed by atoms with Gasteiger partial charge in [0, 0.05) is 5.56 Å². The fraction of sp³-hybridized carbons (Fsp3) is 0.0667. The van der Waals surface area contributed by atoms with Gasteiger partial charge in [-0.05, 0) is 18.2 Å². The van der Waals surface area contributed by atoms with Gasteiger partial charge < -0.3 is 0 Å². The number of hydrogen-bond acceptors (Lipinski definition) is 2. The highest BCUT2D eigenvalue weighted by Crippen LogP contribution is 2.31. The van der Waals surface area contributed by atoms with Gasteiger partial charge in [-0.3, -0.25) is 4.98 Å². The lowest BCUT2D eigenvalue weighted by atomic mass is 10.1. The van der Waals surface area contributed by atoms with Crippen LogP contribution in [0.2, 0.25) is 0 Å². The Morgan fingerprint density at radius 1 is 0.850 bits per heavy atom. The minimum atomic E-state index is -4.37. The number of benzene rings is 2. The van der Waals surface area contributed by atoms with Crippen LogP contribution in [0.3, 0.4) is 0 Å². The second-order valence-electron chi connectivity index (χ2n) is 4.32. The molecular formula is C15H9F3N2. The molecule has 0 radical (unpaired) electrons. The Kier molecular flexibility index (Phi) is 2.89. The molecule has 0 unspecified atom stereocenters. The zero-order chi connectivity index (χ0) is 14.2. The Morgan fingerprint density at radius 2 is 1.60 bits per heavy atom. The predicted octanol–water partition coefficient (Wildman–Crippen LogP) is 4.32. The number of alkyl halides is 3. The number of nitrogens with zero attached hydrogens (tertiary/aromatic N) is 2. The van der Waals surface area contributed by atoms with E-state index in [9.17, 15) is 13.2 Å². The molecule has 1 aromatic heterocycles. The molecule has 0 aliphatic heterocycles. The average Bonchev–Trinajstić information content (AvgIpc) is 2.46. The smallest absolute Gasteiger partial charge is 0.252 e. The Hall–Kier alpha value is -2.43. The van der Waals surface area contributed by atoms with Gasteiger partial charge in [0.25, 0.3) is 0 Å². The van der Waals surface area contributed by atoms with Gasteiger partial charge in [-0.2, -0.15) is 13.2 Å². The van der Waals surface area contributed by atoms with Crippen molar-refractivity contribution in [3.63, 3.8) is 0 Å². The molecule has 0 saturated carbocycles. The van der Waals surface area contributed by atoms with E-state index in [0.717, 1.165) is 17.7 Å². The fourth-order valence-corrected chi connectivity index (χ4v) is 1.94. The summed E-state index contributed by atoms with van der Waals surface area (Å²) in [6.07, 6.45) is -2.88. The minimum Gasteiger partial charge on any atom is -0.252 e. The maximum atomic E-state index is 12.6. The first-order valence-corrected chi connectivity index (χ1v) is 5.93. The van der Waals surface area contributed by atoms with Crippen LogP contribution in [0, 0.1) is 0 Å². The van der Waals surface area contributed by atoms with Crippen LogP contribution >= 0.6 is 0 Å². The van der Waals surface area contributed by atoms with Gasteiger partial charge in [-0.25, -0.2) is 4.98 Å². The monoisotopic (exact) mass is 274 g/mol. The highest BCUT2D eigenvalue weighted by Gasteiger charge is 2.30. The van der Waals surface area contributed by atoms with Gasteiger partial charge in [-0.15, -0.1) is 0 Å². The first-order valence-electron chi connectivity index (χ1n) is 5.93. The molecule has 20 heavy (non-hydrogen) atoms. The van der Waals surface area contributed by atoms with Crippen LogP contribution in [0.25, 0.3) is 22.3 Å². The molecule has 2 aromatic carbocycles. The van der Waals surface area contributed by atoms with E-state index in [0.29, 0.717) is 11.2 Å².